The third-order valence-corrected chi connectivity index (χ3v) is 8.77. The minimum atomic E-state index is -0.0967. The molecule has 0 radical (unpaired) electrons. The molecule has 142 valence electrons. The Kier molecular flexibility index (Phi) is 5.13. The van der Waals surface area contributed by atoms with Gasteiger partial charge in [-0.1, -0.05) is 24.3 Å². The van der Waals surface area contributed by atoms with Gasteiger partial charge in [-0.3, -0.25) is 0 Å². The molecule has 0 aliphatic carbocycles. The van der Waals surface area contributed by atoms with E-state index in [1.807, 2.05) is 24.3 Å². The summed E-state index contributed by atoms with van der Waals surface area (Å²) in [6.45, 7) is 0. The van der Waals surface area contributed by atoms with Gasteiger partial charge in [0.15, 0.2) is 14.3 Å². The standard InChI is InChI=1S/C24H14I2O2S/c25-20-13-16(14-21(26)24(20)27)28-15-9-11-17(12-10-15)29-22-7-3-1-5-18(22)19-6-2-4-8-23(19)29/h1-14H/p+1. The van der Waals surface area contributed by atoms with E-state index in [0.717, 1.165) is 18.6 Å². The van der Waals surface area contributed by atoms with E-state index < -0.39 is 0 Å². The minimum Gasteiger partial charge on any atom is -0.506 e. The molecule has 0 spiro atoms. The van der Waals surface area contributed by atoms with Crippen molar-refractivity contribution in [1.29, 1.82) is 0 Å². The molecule has 0 amide bonds. The van der Waals surface area contributed by atoms with Crippen molar-refractivity contribution in [2.24, 2.45) is 0 Å². The van der Waals surface area contributed by atoms with E-state index >= 15 is 0 Å². The smallest absolute Gasteiger partial charge is 0.187 e. The topological polar surface area (TPSA) is 29.5 Å². The Labute approximate surface area is 198 Å². The van der Waals surface area contributed by atoms with Gasteiger partial charge in [0.25, 0.3) is 0 Å². The van der Waals surface area contributed by atoms with Crippen molar-refractivity contribution in [1.82, 2.24) is 0 Å². The van der Waals surface area contributed by atoms with E-state index in [1.54, 1.807) is 0 Å². The molecule has 0 saturated carbocycles. The van der Waals surface area contributed by atoms with Crippen LogP contribution in [0.5, 0.6) is 17.2 Å². The molecule has 5 rings (SSSR count). The van der Waals surface area contributed by atoms with Crippen LogP contribution in [0, 0.1) is 7.14 Å². The maximum Gasteiger partial charge on any atom is 0.187 e. The van der Waals surface area contributed by atoms with Crippen LogP contribution >= 0.6 is 55.7 Å². The highest BCUT2D eigenvalue weighted by Gasteiger charge is 2.22. The number of fused-ring (bicyclic) bond motifs is 3. The van der Waals surface area contributed by atoms with Crippen molar-refractivity contribution in [2.45, 2.75) is 0 Å². The predicted octanol–water partition coefficient (Wildman–Crippen LogP) is 8.44. The van der Waals surface area contributed by atoms with Gasteiger partial charge in [0.1, 0.15) is 17.2 Å². The first kappa shape index (κ1) is 19.1. The molecule has 0 bridgehead atoms. The molecule has 4 aromatic carbocycles. The number of thiophene rings is 1. The highest BCUT2D eigenvalue weighted by atomic mass is 127. The summed E-state index contributed by atoms with van der Waals surface area (Å²) in [6, 6.07) is 29.4. The third-order valence-electron chi connectivity index (χ3n) is 4.79. The van der Waals surface area contributed by atoms with Crippen LogP contribution in [0.25, 0.3) is 25.1 Å². The molecule has 0 aliphatic rings. The maximum atomic E-state index is 9.95. The largest absolute Gasteiger partial charge is 0.506 e. The maximum absolute atomic E-state index is 9.95. The monoisotopic (exact) mass is 621 g/mol. The molecular weight excluding hydrogens is 606 g/mol. The Morgan fingerprint density at radius 1 is 0.655 bits per heavy atom. The fourth-order valence-corrected chi connectivity index (χ4v) is 7.58. The normalized spacial score (nSPS) is 11.2. The lowest BCUT2D eigenvalue weighted by Gasteiger charge is -2.08. The van der Waals surface area contributed by atoms with E-state index in [1.165, 1.54) is 25.1 Å². The second kappa shape index (κ2) is 7.77. The van der Waals surface area contributed by atoms with Crippen LogP contribution in [0.1, 0.15) is 0 Å². The van der Waals surface area contributed by atoms with Gasteiger partial charge in [0, 0.05) is 33.4 Å². The lowest BCUT2D eigenvalue weighted by molar-refractivity contribution is 0.457. The third kappa shape index (κ3) is 3.49. The quantitative estimate of drug-likeness (QED) is 0.162. The summed E-state index contributed by atoms with van der Waals surface area (Å²) >= 11 is 4.23. The Hall–Kier alpha value is -1.84. The van der Waals surface area contributed by atoms with Crippen molar-refractivity contribution in [3.05, 3.63) is 92.1 Å². The molecule has 1 heterocycles. The molecule has 5 aromatic rings. The number of halogens is 2. The van der Waals surface area contributed by atoms with Gasteiger partial charge in [-0.05, 0) is 93.7 Å². The Morgan fingerprint density at radius 3 is 1.72 bits per heavy atom. The van der Waals surface area contributed by atoms with Crippen molar-refractivity contribution in [3.8, 4) is 22.1 Å². The number of aromatic hydroxyl groups is 1. The van der Waals surface area contributed by atoms with Crippen LogP contribution < -0.4 is 4.74 Å². The van der Waals surface area contributed by atoms with Crippen molar-refractivity contribution in [2.75, 3.05) is 0 Å². The van der Waals surface area contributed by atoms with E-state index in [2.05, 4.69) is 106 Å². The second-order valence-corrected chi connectivity index (χ2v) is 10.9. The molecule has 0 aliphatic heterocycles. The summed E-state index contributed by atoms with van der Waals surface area (Å²) in [5.74, 6) is 1.81. The Balaban J connectivity index is 1.56. The zero-order valence-electron chi connectivity index (χ0n) is 15.1. The SMILES string of the molecule is Oc1c(I)cc(Oc2ccc(-[s+]3c4ccccc4c4ccccc43)cc2)cc1I. The van der Waals surface area contributed by atoms with Gasteiger partial charge in [-0.2, -0.15) is 0 Å². The van der Waals surface area contributed by atoms with Gasteiger partial charge < -0.3 is 9.84 Å². The molecule has 0 saturated heterocycles. The molecule has 2 nitrogen and oxygen atoms in total. The van der Waals surface area contributed by atoms with Gasteiger partial charge >= 0.3 is 0 Å². The van der Waals surface area contributed by atoms with Gasteiger partial charge in [0.05, 0.1) is 7.14 Å². The van der Waals surface area contributed by atoms with E-state index in [4.69, 9.17) is 4.74 Å². The van der Waals surface area contributed by atoms with E-state index in [-0.39, 0.29) is 10.5 Å². The summed E-state index contributed by atoms with van der Waals surface area (Å²) < 4.78 is 10.4. The number of benzene rings is 4. The van der Waals surface area contributed by atoms with Crippen LogP contribution in [0.2, 0.25) is 0 Å². The number of hydrogen-bond donors (Lipinski definition) is 1. The molecule has 0 unspecified atom stereocenters. The first-order valence-corrected chi connectivity index (χ1v) is 12.4. The number of phenolic OH excluding ortho intramolecular Hbond substituents is 1. The average molecular weight is 621 g/mol. The van der Waals surface area contributed by atoms with E-state index in [0.29, 0.717) is 5.75 Å². The number of hydrogen-bond acceptors (Lipinski definition) is 2. The molecular formula is C24H15I2O2S+. The van der Waals surface area contributed by atoms with Crippen LogP contribution in [-0.2, 0) is 0 Å². The minimum absolute atomic E-state index is 0.0967. The second-order valence-electron chi connectivity index (χ2n) is 6.61. The first-order chi connectivity index (χ1) is 14.1. The predicted molar refractivity (Wildman–Crippen MR) is 139 cm³/mol. The summed E-state index contributed by atoms with van der Waals surface area (Å²) in [6.07, 6.45) is 0. The van der Waals surface area contributed by atoms with Gasteiger partial charge in [-0.25, -0.2) is 0 Å². The highest BCUT2D eigenvalue weighted by Crippen LogP contribution is 2.48. The van der Waals surface area contributed by atoms with E-state index in [9.17, 15) is 5.11 Å². The summed E-state index contributed by atoms with van der Waals surface area (Å²) in [5.41, 5.74) is 0. The van der Waals surface area contributed by atoms with Crippen molar-refractivity contribution >= 4 is 75.8 Å². The molecule has 1 N–H and O–H groups in total. The first-order valence-electron chi connectivity index (χ1n) is 9.00. The number of rotatable bonds is 3. The van der Waals surface area contributed by atoms with Gasteiger partial charge in [0.2, 0.25) is 0 Å². The average Bonchev–Trinajstić information content (AvgIpc) is 3.07. The van der Waals surface area contributed by atoms with Crippen LogP contribution in [0.3, 0.4) is 0 Å². The molecule has 5 heteroatoms. The molecule has 1 aromatic heterocycles. The van der Waals surface area contributed by atoms with Crippen LogP contribution in [0.15, 0.2) is 84.9 Å². The molecule has 0 fully saturated rings. The fourth-order valence-electron chi connectivity index (χ4n) is 3.49. The molecule has 29 heavy (non-hydrogen) atoms. The number of ether oxygens (including phenoxy) is 1. The zero-order chi connectivity index (χ0) is 20.0. The van der Waals surface area contributed by atoms with Crippen molar-refractivity contribution < 1.29 is 9.84 Å². The lowest BCUT2D eigenvalue weighted by Crippen LogP contribution is -1.87. The van der Waals surface area contributed by atoms with Gasteiger partial charge in [-0.15, -0.1) is 0 Å². The Morgan fingerprint density at radius 2 is 1.17 bits per heavy atom. The van der Waals surface area contributed by atoms with Crippen LogP contribution in [-0.4, -0.2) is 5.11 Å². The molecule has 0 atom stereocenters. The summed E-state index contributed by atoms with van der Waals surface area (Å²) in [4.78, 5) is 1.28. The fraction of sp³-hybridized carbons (Fsp3) is 0. The highest BCUT2D eigenvalue weighted by molar-refractivity contribution is 14.1. The number of phenols is 1. The Bertz CT molecular complexity index is 1280. The zero-order valence-corrected chi connectivity index (χ0v) is 20.2. The summed E-state index contributed by atoms with van der Waals surface area (Å²) in [7, 11) is -0.0967. The van der Waals surface area contributed by atoms with Crippen molar-refractivity contribution in [3.63, 3.8) is 0 Å². The van der Waals surface area contributed by atoms with Crippen LogP contribution in [0.4, 0.5) is 0 Å². The lowest BCUT2D eigenvalue weighted by atomic mass is 10.2. The summed E-state index contributed by atoms with van der Waals surface area (Å²) in [5, 5.41) is 12.6.